The molecule has 1 heterocycles. The van der Waals surface area contributed by atoms with E-state index in [0.717, 1.165) is 17.0 Å². The SMILES string of the molecule is CCOc1ccc(-n2c(SCC(=O)c3ccccc3Cl)nnc2-c2ccccc2)cc1. The van der Waals surface area contributed by atoms with Crippen molar-refractivity contribution < 1.29 is 9.53 Å². The second-order valence-corrected chi connectivity index (χ2v) is 7.98. The molecule has 31 heavy (non-hydrogen) atoms. The number of hydrogen-bond acceptors (Lipinski definition) is 5. The Bertz CT molecular complexity index is 1180. The molecule has 0 fully saturated rings. The number of benzene rings is 3. The minimum atomic E-state index is -0.0573. The largest absolute Gasteiger partial charge is 0.494 e. The third kappa shape index (κ3) is 4.81. The first-order valence-corrected chi connectivity index (χ1v) is 11.2. The molecule has 0 bridgehead atoms. The fraction of sp³-hybridized carbons (Fsp3) is 0.125. The number of Topliss-reactive ketones (excluding diaryl/α,β-unsaturated/α-hetero) is 1. The highest BCUT2D eigenvalue weighted by molar-refractivity contribution is 7.99. The molecule has 0 unspecified atom stereocenters. The van der Waals surface area contributed by atoms with Gasteiger partial charge in [0.25, 0.3) is 0 Å². The van der Waals surface area contributed by atoms with Gasteiger partial charge in [0.2, 0.25) is 0 Å². The lowest BCUT2D eigenvalue weighted by Crippen LogP contribution is -2.05. The standard InChI is InChI=1S/C24H20ClN3O2S/c1-2-30-19-14-12-18(13-15-19)28-23(17-8-4-3-5-9-17)26-27-24(28)31-16-22(29)20-10-6-7-11-21(20)25/h3-15H,2,16H2,1H3. The first kappa shape index (κ1) is 21.2. The van der Waals surface area contributed by atoms with Crippen molar-refractivity contribution in [3.63, 3.8) is 0 Å². The van der Waals surface area contributed by atoms with Gasteiger partial charge in [-0.3, -0.25) is 9.36 Å². The number of nitrogens with zero attached hydrogens (tertiary/aromatic N) is 3. The zero-order chi connectivity index (χ0) is 21.6. The molecular formula is C24H20ClN3O2S. The van der Waals surface area contributed by atoms with Gasteiger partial charge in [-0.05, 0) is 43.3 Å². The number of hydrogen-bond donors (Lipinski definition) is 0. The normalized spacial score (nSPS) is 10.8. The number of ketones is 1. The van der Waals surface area contributed by atoms with Crippen LogP contribution in [0, 0.1) is 0 Å². The molecule has 0 atom stereocenters. The monoisotopic (exact) mass is 449 g/mol. The fourth-order valence-corrected chi connectivity index (χ4v) is 4.20. The van der Waals surface area contributed by atoms with E-state index in [-0.39, 0.29) is 11.5 Å². The molecule has 7 heteroatoms. The van der Waals surface area contributed by atoms with E-state index in [0.29, 0.717) is 28.2 Å². The van der Waals surface area contributed by atoms with Crippen molar-refractivity contribution in [3.05, 3.63) is 89.4 Å². The molecule has 156 valence electrons. The Morgan fingerprint density at radius 1 is 0.968 bits per heavy atom. The Hall–Kier alpha value is -3.09. The maximum Gasteiger partial charge on any atom is 0.196 e. The van der Waals surface area contributed by atoms with Crippen LogP contribution in [-0.4, -0.2) is 32.9 Å². The lowest BCUT2D eigenvalue weighted by atomic mass is 10.1. The Morgan fingerprint density at radius 2 is 1.68 bits per heavy atom. The highest BCUT2D eigenvalue weighted by atomic mass is 35.5. The third-order valence-corrected chi connectivity index (χ3v) is 5.84. The maximum absolute atomic E-state index is 12.7. The summed E-state index contributed by atoms with van der Waals surface area (Å²) < 4.78 is 7.51. The van der Waals surface area contributed by atoms with Gasteiger partial charge < -0.3 is 4.74 Å². The van der Waals surface area contributed by atoms with Crippen LogP contribution in [0.1, 0.15) is 17.3 Å². The van der Waals surface area contributed by atoms with E-state index >= 15 is 0 Å². The van der Waals surface area contributed by atoms with Crippen LogP contribution in [0.5, 0.6) is 5.75 Å². The van der Waals surface area contributed by atoms with Crippen LogP contribution in [0.3, 0.4) is 0 Å². The van der Waals surface area contributed by atoms with Gasteiger partial charge in [-0.1, -0.05) is 65.8 Å². The topological polar surface area (TPSA) is 57.0 Å². The van der Waals surface area contributed by atoms with Crippen molar-refractivity contribution in [1.82, 2.24) is 14.8 Å². The molecule has 0 amide bonds. The summed E-state index contributed by atoms with van der Waals surface area (Å²) in [5.41, 5.74) is 2.33. The molecule has 3 aromatic carbocycles. The maximum atomic E-state index is 12.7. The predicted molar refractivity (Wildman–Crippen MR) is 124 cm³/mol. The lowest BCUT2D eigenvalue weighted by Gasteiger charge is -2.11. The molecule has 0 aliphatic heterocycles. The minimum absolute atomic E-state index is 0.0573. The van der Waals surface area contributed by atoms with Crippen molar-refractivity contribution in [1.29, 1.82) is 0 Å². The van der Waals surface area contributed by atoms with Gasteiger partial charge in [-0.15, -0.1) is 10.2 Å². The number of ether oxygens (including phenoxy) is 1. The van der Waals surface area contributed by atoms with Crippen molar-refractivity contribution in [2.75, 3.05) is 12.4 Å². The van der Waals surface area contributed by atoms with Gasteiger partial charge in [0.15, 0.2) is 16.8 Å². The average Bonchev–Trinajstić information content (AvgIpc) is 3.23. The summed E-state index contributed by atoms with van der Waals surface area (Å²) in [4.78, 5) is 12.7. The molecule has 0 saturated heterocycles. The van der Waals surface area contributed by atoms with E-state index in [1.807, 2.05) is 66.1 Å². The van der Waals surface area contributed by atoms with Crippen LogP contribution in [-0.2, 0) is 0 Å². The quantitative estimate of drug-likeness (QED) is 0.245. The van der Waals surface area contributed by atoms with Gasteiger partial charge >= 0.3 is 0 Å². The Labute approximate surface area is 190 Å². The van der Waals surface area contributed by atoms with Crippen molar-refractivity contribution in [2.45, 2.75) is 12.1 Å². The highest BCUT2D eigenvalue weighted by Crippen LogP contribution is 2.29. The second-order valence-electron chi connectivity index (χ2n) is 6.63. The molecule has 4 aromatic rings. The van der Waals surface area contributed by atoms with Crippen LogP contribution in [0.4, 0.5) is 0 Å². The Morgan fingerprint density at radius 3 is 2.39 bits per heavy atom. The van der Waals surface area contributed by atoms with Crippen molar-refractivity contribution in [3.8, 4) is 22.8 Å². The van der Waals surface area contributed by atoms with Crippen LogP contribution in [0.15, 0.2) is 84.0 Å². The highest BCUT2D eigenvalue weighted by Gasteiger charge is 2.18. The fourth-order valence-electron chi connectivity index (χ4n) is 3.12. The molecule has 0 radical (unpaired) electrons. The van der Waals surface area contributed by atoms with Gasteiger partial charge in [0.1, 0.15) is 5.75 Å². The summed E-state index contributed by atoms with van der Waals surface area (Å²) >= 11 is 7.51. The van der Waals surface area contributed by atoms with E-state index in [4.69, 9.17) is 16.3 Å². The minimum Gasteiger partial charge on any atom is -0.494 e. The van der Waals surface area contributed by atoms with Gasteiger partial charge in [-0.25, -0.2) is 0 Å². The molecule has 0 saturated carbocycles. The first-order valence-electron chi connectivity index (χ1n) is 9.82. The Kier molecular flexibility index (Phi) is 6.70. The Balaban J connectivity index is 1.67. The number of aromatic nitrogens is 3. The molecular weight excluding hydrogens is 430 g/mol. The van der Waals surface area contributed by atoms with Crippen LogP contribution in [0.2, 0.25) is 5.02 Å². The molecule has 5 nitrogen and oxygen atoms in total. The van der Waals surface area contributed by atoms with Gasteiger partial charge in [-0.2, -0.15) is 0 Å². The van der Waals surface area contributed by atoms with Crippen molar-refractivity contribution in [2.24, 2.45) is 0 Å². The van der Waals surface area contributed by atoms with E-state index < -0.39 is 0 Å². The van der Waals surface area contributed by atoms with Crippen LogP contribution >= 0.6 is 23.4 Å². The first-order chi connectivity index (χ1) is 15.2. The molecule has 0 spiro atoms. The van der Waals surface area contributed by atoms with E-state index in [2.05, 4.69) is 10.2 Å². The number of carbonyl (C=O) groups is 1. The predicted octanol–water partition coefficient (Wildman–Crippen LogP) is 5.96. The summed E-state index contributed by atoms with van der Waals surface area (Å²) in [7, 11) is 0. The summed E-state index contributed by atoms with van der Waals surface area (Å²) in [5, 5.41) is 9.87. The number of halogens is 1. The zero-order valence-corrected chi connectivity index (χ0v) is 18.4. The smallest absolute Gasteiger partial charge is 0.196 e. The van der Waals surface area contributed by atoms with E-state index in [1.54, 1.807) is 24.3 Å². The summed E-state index contributed by atoms with van der Waals surface area (Å²) in [6.45, 7) is 2.55. The summed E-state index contributed by atoms with van der Waals surface area (Å²) in [5.74, 6) is 1.65. The summed E-state index contributed by atoms with van der Waals surface area (Å²) in [6.07, 6.45) is 0. The lowest BCUT2D eigenvalue weighted by molar-refractivity contribution is 0.102. The number of rotatable bonds is 8. The third-order valence-electron chi connectivity index (χ3n) is 4.58. The molecule has 0 aliphatic rings. The van der Waals surface area contributed by atoms with E-state index in [9.17, 15) is 4.79 Å². The zero-order valence-electron chi connectivity index (χ0n) is 16.9. The number of thioether (sulfide) groups is 1. The second kappa shape index (κ2) is 9.81. The summed E-state index contributed by atoms with van der Waals surface area (Å²) in [6, 6.07) is 24.7. The van der Waals surface area contributed by atoms with Gasteiger partial charge in [0, 0.05) is 16.8 Å². The van der Waals surface area contributed by atoms with E-state index in [1.165, 1.54) is 11.8 Å². The van der Waals surface area contributed by atoms with Crippen molar-refractivity contribution >= 4 is 29.1 Å². The molecule has 0 aliphatic carbocycles. The average molecular weight is 450 g/mol. The molecule has 1 aromatic heterocycles. The van der Waals surface area contributed by atoms with Crippen LogP contribution in [0.25, 0.3) is 17.1 Å². The molecule has 0 N–H and O–H groups in total. The molecule has 4 rings (SSSR count). The van der Waals surface area contributed by atoms with Crippen LogP contribution < -0.4 is 4.74 Å². The van der Waals surface area contributed by atoms with Gasteiger partial charge in [0.05, 0.1) is 17.4 Å². The number of carbonyl (C=O) groups excluding carboxylic acids is 1.